The van der Waals surface area contributed by atoms with E-state index in [1.807, 2.05) is 30.3 Å². The van der Waals surface area contributed by atoms with Gasteiger partial charge in [0, 0.05) is 6.04 Å². The molecule has 3 aromatic rings. The van der Waals surface area contributed by atoms with Crippen LogP contribution in [0.2, 0.25) is 0 Å². The van der Waals surface area contributed by atoms with Crippen molar-refractivity contribution in [3.63, 3.8) is 0 Å². The standard InChI is InChI=1S/C25H32N4O3S/c1-25(2,3)17-12-13-20(31-4)19(15-17)26-22(30)16-33-24-28-27-23(21-11-8-14-32-21)29(24)18-9-6-5-7-10-18/h8,11-15,18H,5-7,9-10,16H2,1-4H3,(H,26,30). The van der Waals surface area contributed by atoms with Gasteiger partial charge < -0.3 is 14.5 Å². The third kappa shape index (κ3) is 5.43. The van der Waals surface area contributed by atoms with Crippen LogP contribution < -0.4 is 10.1 Å². The summed E-state index contributed by atoms with van der Waals surface area (Å²) in [6, 6.07) is 10.0. The Morgan fingerprint density at radius 1 is 1.21 bits per heavy atom. The first-order valence-electron chi connectivity index (χ1n) is 11.5. The number of carbonyl (C=O) groups excluding carboxylic acids is 1. The molecule has 0 spiro atoms. The quantitative estimate of drug-likeness (QED) is 0.423. The normalized spacial score (nSPS) is 14.9. The van der Waals surface area contributed by atoms with Gasteiger partial charge in [0.1, 0.15) is 5.75 Å². The molecule has 1 fully saturated rings. The zero-order valence-electron chi connectivity index (χ0n) is 19.8. The molecule has 1 saturated carbocycles. The Balaban J connectivity index is 1.51. The van der Waals surface area contributed by atoms with Crippen LogP contribution in [-0.4, -0.2) is 33.5 Å². The first-order chi connectivity index (χ1) is 15.9. The summed E-state index contributed by atoms with van der Waals surface area (Å²) in [4.78, 5) is 12.9. The lowest BCUT2D eigenvalue weighted by atomic mass is 9.87. The van der Waals surface area contributed by atoms with Crippen LogP contribution in [0, 0.1) is 0 Å². The molecule has 0 aliphatic heterocycles. The minimum absolute atomic E-state index is 0.0286. The van der Waals surface area contributed by atoms with Crippen LogP contribution in [0.4, 0.5) is 5.69 Å². The van der Waals surface area contributed by atoms with E-state index < -0.39 is 0 Å². The predicted molar refractivity (Wildman–Crippen MR) is 131 cm³/mol. The molecule has 2 aromatic heterocycles. The van der Waals surface area contributed by atoms with Crippen molar-refractivity contribution in [3.05, 3.63) is 42.2 Å². The van der Waals surface area contributed by atoms with E-state index in [1.54, 1.807) is 13.4 Å². The number of furan rings is 1. The van der Waals surface area contributed by atoms with Gasteiger partial charge in [0.15, 0.2) is 10.9 Å². The van der Waals surface area contributed by atoms with Crippen molar-refractivity contribution < 1.29 is 13.9 Å². The third-order valence-corrected chi connectivity index (χ3v) is 6.96. The molecule has 1 aliphatic rings. The van der Waals surface area contributed by atoms with Crippen LogP contribution in [-0.2, 0) is 10.2 Å². The number of hydrogen-bond acceptors (Lipinski definition) is 6. The summed E-state index contributed by atoms with van der Waals surface area (Å²) in [5.41, 5.74) is 1.78. The van der Waals surface area contributed by atoms with Gasteiger partial charge in [0.25, 0.3) is 0 Å². The van der Waals surface area contributed by atoms with Gasteiger partial charge in [-0.2, -0.15) is 0 Å². The van der Waals surface area contributed by atoms with Gasteiger partial charge in [0.05, 0.1) is 24.8 Å². The second-order valence-corrected chi connectivity index (χ2v) is 10.4. The summed E-state index contributed by atoms with van der Waals surface area (Å²) >= 11 is 1.40. The van der Waals surface area contributed by atoms with Gasteiger partial charge in [-0.25, -0.2) is 0 Å². The number of rotatable bonds is 7. The van der Waals surface area contributed by atoms with Gasteiger partial charge >= 0.3 is 0 Å². The van der Waals surface area contributed by atoms with Crippen LogP contribution >= 0.6 is 11.8 Å². The number of nitrogens with zero attached hydrogens (tertiary/aromatic N) is 3. The molecule has 0 saturated heterocycles. The van der Waals surface area contributed by atoms with E-state index in [1.165, 1.54) is 31.0 Å². The van der Waals surface area contributed by atoms with Gasteiger partial charge in [-0.3, -0.25) is 9.36 Å². The Kier molecular flexibility index (Phi) is 7.12. The zero-order valence-corrected chi connectivity index (χ0v) is 20.6. The lowest BCUT2D eigenvalue weighted by molar-refractivity contribution is -0.113. The highest BCUT2D eigenvalue weighted by Gasteiger charge is 2.25. The SMILES string of the molecule is COc1ccc(C(C)(C)C)cc1NC(=O)CSc1nnc(-c2ccco2)n1C1CCCCC1. The number of carbonyl (C=O) groups is 1. The van der Waals surface area contributed by atoms with Gasteiger partial charge in [-0.05, 0) is 48.1 Å². The number of anilines is 1. The highest BCUT2D eigenvalue weighted by molar-refractivity contribution is 7.99. The summed E-state index contributed by atoms with van der Waals surface area (Å²) in [7, 11) is 1.61. The van der Waals surface area contributed by atoms with Crippen molar-refractivity contribution in [3.8, 4) is 17.3 Å². The molecule has 7 nitrogen and oxygen atoms in total. The predicted octanol–water partition coefficient (Wildman–Crippen LogP) is 6.08. The third-order valence-electron chi connectivity index (χ3n) is 6.02. The van der Waals surface area contributed by atoms with Crippen molar-refractivity contribution in [1.82, 2.24) is 14.8 Å². The molecule has 1 aromatic carbocycles. The Morgan fingerprint density at radius 2 is 2.00 bits per heavy atom. The van der Waals surface area contributed by atoms with E-state index in [2.05, 4.69) is 40.9 Å². The maximum Gasteiger partial charge on any atom is 0.234 e. The second kappa shape index (κ2) is 10.0. The number of aromatic nitrogens is 3. The number of hydrogen-bond donors (Lipinski definition) is 1. The van der Waals surface area contributed by atoms with Crippen LogP contribution in [0.5, 0.6) is 5.75 Å². The molecule has 0 atom stereocenters. The Bertz CT molecular complexity index is 1080. The largest absolute Gasteiger partial charge is 0.495 e. The molecule has 1 aliphatic carbocycles. The molecule has 33 heavy (non-hydrogen) atoms. The summed E-state index contributed by atoms with van der Waals surface area (Å²) in [6.45, 7) is 6.43. The fraction of sp³-hybridized carbons (Fsp3) is 0.480. The number of methoxy groups -OCH3 is 1. The van der Waals surface area contributed by atoms with Crippen LogP contribution in [0.15, 0.2) is 46.2 Å². The summed E-state index contributed by atoms with van der Waals surface area (Å²) < 4.78 is 13.2. The highest BCUT2D eigenvalue weighted by atomic mass is 32.2. The molecule has 0 bridgehead atoms. The topological polar surface area (TPSA) is 82.2 Å². The van der Waals surface area contributed by atoms with E-state index in [0.717, 1.165) is 29.4 Å². The first kappa shape index (κ1) is 23.4. The summed E-state index contributed by atoms with van der Waals surface area (Å²) in [5.74, 6) is 2.20. The molecule has 176 valence electrons. The van der Waals surface area contributed by atoms with Gasteiger partial charge in [-0.15, -0.1) is 10.2 Å². The Labute approximate surface area is 199 Å². The smallest absolute Gasteiger partial charge is 0.234 e. The monoisotopic (exact) mass is 468 g/mol. The summed E-state index contributed by atoms with van der Waals surface area (Å²) in [6.07, 6.45) is 7.46. The zero-order chi connectivity index (χ0) is 23.4. The molecular formula is C25H32N4O3S. The average molecular weight is 469 g/mol. The molecule has 8 heteroatoms. The number of thioether (sulfide) groups is 1. The van der Waals surface area contributed by atoms with Crippen molar-refractivity contribution in [2.75, 3.05) is 18.2 Å². The van der Waals surface area contributed by atoms with Crippen LogP contribution in [0.3, 0.4) is 0 Å². The number of benzene rings is 1. The van der Waals surface area contributed by atoms with E-state index in [0.29, 0.717) is 23.2 Å². The molecule has 4 rings (SSSR count). The van der Waals surface area contributed by atoms with E-state index >= 15 is 0 Å². The molecular weight excluding hydrogens is 436 g/mol. The van der Waals surface area contributed by atoms with Crippen molar-refractivity contribution in [2.45, 2.75) is 69.5 Å². The maximum absolute atomic E-state index is 12.9. The molecule has 0 radical (unpaired) electrons. The molecule has 1 N–H and O–H groups in total. The number of ether oxygens (including phenoxy) is 1. The van der Waals surface area contributed by atoms with E-state index in [9.17, 15) is 4.79 Å². The Morgan fingerprint density at radius 3 is 2.67 bits per heavy atom. The van der Waals surface area contributed by atoms with Crippen LogP contribution in [0.1, 0.15) is 64.5 Å². The number of amides is 1. The Hall–Kier alpha value is -2.74. The maximum atomic E-state index is 12.9. The van der Waals surface area contributed by atoms with E-state index in [4.69, 9.17) is 9.15 Å². The van der Waals surface area contributed by atoms with Crippen molar-refractivity contribution in [1.29, 1.82) is 0 Å². The highest BCUT2D eigenvalue weighted by Crippen LogP contribution is 2.36. The summed E-state index contributed by atoms with van der Waals surface area (Å²) in [5, 5.41) is 12.6. The fourth-order valence-corrected chi connectivity index (χ4v) is 5.01. The lowest BCUT2D eigenvalue weighted by Crippen LogP contribution is -2.18. The fourth-order valence-electron chi connectivity index (χ4n) is 4.21. The molecule has 1 amide bonds. The lowest BCUT2D eigenvalue weighted by Gasteiger charge is -2.25. The second-order valence-electron chi connectivity index (χ2n) is 9.45. The minimum atomic E-state index is -0.109. The molecule has 0 unspecified atom stereocenters. The average Bonchev–Trinajstić information content (AvgIpc) is 3.47. The number of nitrogens with one attached hydrogen (secondary N) is 1. The first-order valence-corrected chi connectivity index (χ1v) is 12.5. The van der Waals surface area contributed by atoms with Crippen molar-refractivity contribution >= 4 is 23.4 Å². The van der Waals surface area contributed by atoms with Crippen LogP contribution in [0.25, 0.3) is 11.6 Å². The van der Waals surface area contributed by atoms with Gasteiger partial charge in [0.2, 0.25) is 11.7 Å². The molecule has 2 heterocycles. The van der Waals surface area contributed by atoms with Crippen molar-refractivity contribution in [2.24, 2.45) is 0 Å². The van der Waals surface area contributed by atoms with Gasteiger partial charge in [-0.1, -0.05) is 57.9 Å². The minimum Gasteiger partial charge on any atom is -0.495 e. The van der Waals surface area contributed by atoms with E-state index in [-0.39, 0.29) is 17.1 Å².